The number of hydrazine groups is 1. The van der Waals surface area contributed by atoms with Gasteiger partial charge in [-0.15, -0.1) is 0 Å². The van der Waals surface area contributed by atoms with Crippen LogP contribution in [-0.4, -0.2) is 31.6 Å². The number of urea groups is 1. The van der Waals surface area contributed by atoms with Crippen molar-refractivity contribution in [2.24, 2.45) is 5.84 Å². The first-order chi connectivity index (χ1) is 8.49. The van der Waals surface area contributed by atoms with Crippen LogP contribution in [0.25, 0.3) is 0 Å². The van der Waals surface area contributed by atoms with E-state index in [1.807, 2.05) is 5.43 Å². The average molecular weight is 259 g/mol. The first-order valence-electron chi connectivity index (χ1n) is 5.23. The van der Waals surface area contributed by atoms with E-state index in [9.17, 15) is 13.6 Å². The number of methoxy groups -OCH3 is 1. The molecule has 0 bridgehead atoms. The number of rotatable bonds is 4. The molecule has 0 saturated carbocycles. The Kier molecular flexibility index (Phi) is 4.85. The minimum absolute atomic E-state index is 0.149. The highest BCUT2D eigenvalue weighted by molar-refractivity contribution is 5.73. The van der Waals surface area contributed by atoms with Gasteiger partial charge in [-0.25, -0.2) is 19.4 Å². The van der Waals surface area contributed by atoms with E-state index in [0.29, 0.717) is 0 Å². The van der Waals surface area contributed by atoms with Crippen molar-refractivity contribution in [1.82, 2.24) is 10.3 Å². The minimum Gasteiger partial charge on any atom is -0.494 e. The van der Waals surface area contributed by atoms with Crippen LogP contribution in [-0.2, 0) is 6.42 Å². The molecule has 100 valence electrons. The van der Waals surface area contributed by atoms with Crippen LogP contribution in [0.1, 0.15) is 5.56 Å². The van der Waals surface area contributed by atoms with Gasteiger partial charge in [0.05, 0.1) is 7.11 Å². The number of ether oxygens (including phenoxy) is 1. The topological polar surface area (TPSA) is 67.6 Å². The summed E-state index contributed by atoms with van der Waals surface area (Å²) in [7, 11) is 2.76. The summed E-state index contributed by atoms with van der Waals surface area (Å²) in [5, 5.41) is 0. The van der Waals surface area contributed by atoms with Crippen LogP contribution < -0.4 is 16.0 Å². The van der Waals surface area contributed by atoms with Crippen LogP contribution in [0.5, 0.6) is 5.75 Å². The quantitative estimate of drug-likeness (QED) is 0.482. The van der Waals surface area contributed by atoms with Crippen molar-refractivity contribution in [3.63, 3.8) is 0 Å². The van der Waals surface area contributed by atoms with Gasteiger partial charge >= 0.3 is 6.03 Å². The fourth-order valence-corrected chi connectivity index (χ4v) is 1.42. The van der Waals surface area contributed by atoms with Crippen molar-refractivity contribution in [1.29, 1.82) is 0 Å². The third-order valence-electron chi connectivity index (χ3n) is 2.51. The number of hydrogen-bond donors (Lipinski definition) is 2. The van der Waals surface area contributed by atoms with Crippen molar-refractivity contribution in [2.45, 2.75) is 6.42 Å². The average Bonchev–Trinajstić information content (AvgIpc) is 2.37. The smallest absolute Gasteiger partial charge is 0.331 e. The summed E-state index contributed by atoms with van der Waals surface area (Å²) in [6.07, 6.45) is 0.177. The Balaban J connectivity index is 2.74. The molecule has 0 radical (unpaired) electrons. The lowest BCUT2D eigenvalue weighted by atomic mass is 10.1. The second-order valence-electron chi connectivity index (χ2n) is 3.70. The third kappa shape index (κ3) is 3.30. The maximum absolute atomic E-state index is 13.6. The molecular formula is C11H15F2N3O2. The van der Waals surface area contributed by atoms with Gasteiger partial charge in [0.1, 0.15) is 5.82 Å². The van der Waals surface area contributed by atoms with Gasteiger partial charge in [0, 0.05) is 19.7 Å². The standard InChI is InChI=1S/C11H15F2N3O2/c1-16(11(17)15-14)4-3-7-5-9(13)10(18-2)6-8(7)12/h5-6H,3-4,14H2,1-2H3,(H,15,17). The molecule has 0 fully saturated rings. The first-order valence-corrected chi connectivity index (χ1v) is 5.23. The fourth-order valence-electron chi connectivity index (χ4n) is 1.42. The van der Waals surface area contributed by atoms with Crippen molar-refractivity contribution in [2.75, 3.05) is 20.7 Å². The van der Waals surface area contributed by atoms with Crippen molar-refractivity contribution >= 4 is 6.03 Å². The molecule has 0 aliphatic rings. The first kappa shape index (κ1) is 14.2. The predicted octanol–water partition coefficient (Wildman–Crippen LogP) is 1.03. The number of carbonyl (C=O) groups excluding carboxylic acids is 1. The summed E-state index contributed by atoms with van der Waals surface area (Å²) in [6, 6.07) is 1.54. The highest BCUT2D eigenvalue weighted by Gasteiger charge is 2.12. The number of nitrogens with zero attached hydrogens (tertiary/aromatic N) is 1. The molecule has 5 nitrogen and oxygen atoms in total. The van der Waals surface area contributed by atoms with E-state index in [1.165, 1.54) is 19.1 Å². The van der Waals surface area contributed by atoms with Gasteiger partial charge in [0.15, 0.2) is 11.6 Å². The maximum atomic E-state index is 13.6. The van der Waals surface area contributed by atoms with E-state index < -0.39 is 17.7 Å². The molecule has 7 heteroatoms. The highest BCUT2D eigenvalue weighted by Crippen LogP contribution is 2.21. The lowest BCUT2D eigenvalue weighted by molar-refractivity contribution is 0.209. The second-order valence-corrected chi connectivity index (χ2v) is 3.70. The van der Waals surface area contributed by atoms with Gasteiger partial charge in [-0.3, -0.25) is 5.43 Å². The Morgan fingerprint density at radius 1 is 1.44 bits per heavy atom. The maximum Gasteiger partial charge on any atom is 0.331 e. The molecule has 0 aliphatic carbocycles. The van der Waals surface area contributed by atoms with E-state index in [-0.39, 0.29) is 24.3 Å². The van der Waals surface area contributed by atoms with Crippen molar-refractivity contribution in [3.05, 3.63) is 29.3 Å². The van der Waals surface area contributed by atoms with Crippen molar-refractivity contribution in [3.8, 4) is 5.75 Å². The molecule has 0 aliphatic heterocycles. The Morgan fingerprint density at radius 3 is 2.67 bits per heavy atom. The van der Waals surface area contributed by atoms with Crippen LogP contribution in [0.3, 0.4) is 0 Å². The van der Waals surface area contributed by atoms with Gasteiger partial charge < -0.3 is 9.64 Å². The minimum atomic E-state index is -0.639. The number of likely N-dealkylation sites (N-methyl/N-ethyl adjacent to an activating group) is 1. The van der Waals surface area contributed by atoms with Crippen LogP contribution in [0, 0.1) is 11.6 Å². The van der Waals surface area contributed by atoms with E-state index in [4.69, 9.17) is 5.84 Å². The lowest BCUT2D eigenvalue weighted by Gasteiger charge is -2.16. The van der Waals surface area contributed by atoms with E-state index in [0.717, 1.165) is 12.1 Å². The number of nitrogens with two attached hydrogens (primary N) is 1. The van der Waals surface area contributed by atoms with Crippen LogP contribution in [0.2, 0.25) is 0 Å². The largest absolute Gasteiger partial charge is 0.494 e. The molecule has 0 heterocycles. The predicted molar refractivity (Wildman–Crippen MR) is 62.0 cm³/mol. The van der Waals surface area contributed by atoms with Gasteiger partial charge in [-0.05, 0) is 18.1 Å². The number of hydrogen-bond acceptors (Lipinski definition) is 3. The molecule has 0 spiro atoms. The molecule has 0 aromatic heterocycles. The molecule has 0 atom stereocenters. The zero-order chi connectivity index (χ0) is 13.7. The Labute approximate surface area is 103 Å². The Morgan fingerprint density at radius 2 is 2.11 bits per heavy atom. The second kappa shape index (κ2) is 6.15. The van der Waals surface area contributed by atoms with Crippen LogP contribution >= 0.6 is 0 Å². The van der Waals surface area contributed by atoms with Gasteiger partial charge in [0.25, 0.3) is 0 Å². The van der Waals surface area contributed by atoms with Gasteiger partial charge in [-0.1, -0.05) is 0 Å². The molecule has 3 N–H and O–H groups in total. The van der Waals surface area contributed by atoms with E-state index >= 15 is 0 Å². The van der Waals surface area contributed by atoms with Crippen molar-refractivity contribution < 1.29 is 18.3 Å². The van der Waals surface area contributed by atoms with E-state index in [1.54, 1.807) is 0 Å². The molecule has 18 heavy (non-hydrogen) atoms. The van der Waals surface area contributed by atoms with E-state index in [2.05, 4.69) is 4.74 Å². The summed E-state index contributed by atoms with van der Waals surface area (Å²) in [6.45, 7) is 0.214. The monoisotopic (exact) mass is 259 g/mol. The van der Waals surface area contributed by atoms with Crippen LogP contribution in [0.15, 0.2) is 12.1 Å². The number of nitrogens with one attached hydrogen (secondary N) is 1. The molecule has 0 saturated heterocycles. The molecule has 2 amide bonds. The zero-order valence-electron chi connectivity index (χ0n) is 10.2. The SMILES string of the molecule is COc1cc(F)c(CCN(C)C(=O)NN)cc1F. The zero-order valence-corrected chi connectivity index (χ0v) is 10.2. The summed E-state index contributed by atoms with van der Waals surface area (Å²) in [4.78, 5) is 12.4. The molecule has 0 unspecified atom stereocenters. The summed E-state index contributed by atoms with van der Waals surface area (Å²) < 4.78 is 31.6. The van der Waals surface area contributed by atoms with Gasteiger partial charge in [0.2, 0.25) is 0 Å². The fraction of sp³-hybridized carbons (Fsp3) is 0.364. The molecule has 1 aromatic rings. The number of halogens is 2. The van der Waals surface area contributed by atoms with Gasteiger partial charge in [-0.2, -0.15) is 0 Å². The highest BCUT2D eigenvalue weighted by atomic mass is 19.1. The summed E-state index contributed by atoms with van der Waals surface area (Å²) in [5.74, 6) is 3.58. The lowest BCUT2D eigenvalue weighted by Crippen LogP contribution is -2.42. The Hall–Kier alpha value is -1.89. The molecule has 1 rings (SSSR count). The number of benzene rings is 1. The summed E-state index contributed by atoms with van der Waals surface area (Å²) >= 11 is 0. The number of carbonyl (C=O) groups is 1. The Bertz CT molecular complexity index is 441. The molecular weight excluding hydrogens is 244 g/mol. The summed E-state index contributed by atoms with van der Waals surface area (Å²) in [5.41, 5.74) is 2.12. The third-order valence-corrected chi connectivity index (χ3v) is 2.51. The number of amides is 2. The normalized spacial score (nSPS) is 10.1. The molecule has 1 aromatic carbocycles. The van der Waals surface area contributed by atoms with Crippen LogP contribution in [0.4, 0.5) is 13.6 Å².